The van der Waals surface area contributed by atoms with Crippen LogP contribution in [0.5, 0.6) is 0 Å². The third-order valence-corrected chi connectivity index (χ3v) is 6.37. The molecule has 0 aliphatic rings. The Labute approximate surface area is 139 Å². The molecule has 5 heteroatoms. The van der Waals surface area contributed by atoms with Gasteiger partial charge in [0.05, 0.1) is 11.4 Å². The highest BCUT2D eigenvalue weighted by atomic mass is 32.2. The topological polar surface area (TPSA) is 78.4 Å². The number of hydrogen-bond donors (Lipinski definition) is 1. The fourth-order valence-electron chi connectivity index (χ4n) is 2.68. The standard InChI is InChI=1S/C17H36O3S.H3N/c1-5-9-13-17(14-10-6-2,15-11-7-3)21(18,19)20-16-12-8-4;/h5-16H2,1-4H3;1H3. The summed E-state index contributed by atoms with van der Waals surface area (Å²) in [6.07, 6.45) is 10.00. The maximum absolute atomic E-state index is 12.8. The van der Waals surface area contributed by atoms with Crippen molar-refractivity contribution in [2.45, 2.75) is 103 Å². The van der Waals surface area contributed by atoms with Gasteiger partial charge in [-0.05, 0) is 25.7 Å². The third kappa shape index (κ3) is 7.93. The molecule has 3 N–H and O–H groups in total. The van der Waals surface area contributed by atoms with Gasteiger partial charge in [0.15, 0.2) is 0 Å². The minimum Gasteiger partial charge on any atom is -0.344 e. The Morgan fingerprint density at radius 3 is 1.41 bits per heavy atom. The lowest BCUT2D eigenvalue weighted by Gasteiger charge is -2.33. The van der Waals surface area contributed by atoms with Gasteiger partial charge in [-0.15, -0.1) is 0 Å². The second-order valence-corrected chi connectivity index (χ2v) is 8.13. The summed E-state index contributed by atoms with van der Waals surface area (Å²) in [6, 6.07) is 0. The van der Waals surface area contributed by atoms with Crippen LogP contribution in [0.3, 0.4) is 0 Å². The molecule has 0 aromatic carbocycles. The van der Waals surface area contributed by atoms with Crippen molar-refractivity contribution < 1.29 is 12.6 Å². The molecule has 136 valence electrons. The average Bonchev–Trinajstić information content (AvgIpc) is 2.46. The first-order valence-electron chi connectivity index (χ1n) is 8.88. The van der Waals surface area contributed by atoms with Gasteiger partial charge in [0.2, 0.25) is 0 Å². The van der Waals surface area contributed by atoms with Gasteiger partial charge in [-0.3, -0.25) is 4.18 Å². The van der Waals surface area contributed by atoms with E-state index >= 15 is 0 Å². The molecule has 4 nitrogen and oxygen atoms in total. The number of hydrogen-bond acceptors (Lipinski definition) is 4. The Kier molecular flexibility index (Phi) is 14.6. The van der Waals surface area contributed by atoms with E-state index in [1.807, 2.05) is 0 Å². The Hall–Kier alpha value is -0.130. The van der Waals surface area contributed by atoms with Gasteiger partial charge in [-0.25, -0.2) is 0 Å². The van der Waals surface area contributed by atoms with Crippen molar-refractivity contribution in [2.24, 2.45) is 0 Å². The average molecular weight is 338 g/mol. The van der Waals surface area contributed by atoms with E-state index in [-0.39, 0.29) is 6.15 Å². The highest BCUT2D eigenvalue weighted by Crippen LogP contribution is 2.36. The fraction of sp³-hybridized carbons (Fsp3) is 1.00. The predicted octanol–water partition coefficient (Wildman–Crippen LogP) is 5.60. The van der Waals surface area contributed by atoms with Crippen LogP contribution in [-0.4, -0.2) is 19.8 Å². The zero-order chi connectivity index (χ0) is 16.2. The highest BCUT2D eigenvalue weighted by molar-refractivity contribution is 7.88. The van der Waals surface area contributed by atoms with E-state index in [1.54, 1.807) is 0 Å². The molecule has 0 heterocycles. The van der Waals surface area contributed by atoms with Crippen LogP contribution >= 0.6 is 0 Å². The van der Waals surface area contributed by atoms with E-state index in [9.17, 15) is 8.42 Å². The Morgan fingerprint density at radius 2 is 1.09 bits per heavy atom. The van der Waals surface area contributed by atoms with Gasteiger partial charge in [0, 0.05) is 0 Å². The summed E-state index contributed by atoms with van der Waals surface area (Å²) in [4.78, 5) is 0. The minimum absolute atomic E-state index is 0. The molecule has 0 radical (unpaired) electrons. The zero-order valence-electron chi connectivity index (χ0n) is 15.3. The van der Waals surface area contributed by atoms with Crippen LogP contribution in [0.4, 0.5) is 0 Å². The second kappa shape index (κ2) is 13.3. The predicted molar refractivity (Wildman–Crippen MR) is 96.1 cm³/mol. The van der Waals surface area contributed by atoms with Crippen molar-refractivity contribution >= 4 is 10.1 Å². The van der Waals surface area contributed by atoms with Crippen molar-refractivity contribution in [3.05, 3.63) is 0 Å². The summed E-state index contributed by atoms with van der Waals surface area (Å²) in [5, 5.41) is 0. The number of rotatable bonds is 14. The van der Waals surface area contributed by atoms with Gasteiger partial charge in [-0.1, -0.05) is 72.6 Å². The SMILES string of the molecule is CCCCOS(=O)(=O)C(CCCC)(CCCC)CCCC.N. The zero-order valence-corrected chi connectivity index (χ0v) is 16.1. The molecule has 0 spiro atoms. The molecule has 0 aliphatic heterocycles. The summed E-state index contributed by atoms with van der Waals surface area (Å²) in [5.74, 6) is 0. The Morgan fingerprint density at radius 1 is 0.727 bits per heavy atom. The molecule has 0 fully saturated rings. The molecule has 0 saturated carbocycles. The first-order chi connectivity index (χ1) is 9.99. The molecule has 0 saturated heterocycles. The van der Waals surface area contributed by atoms with Crippen LogP contribution in [0.2, 0.25) is 0 Å². The largest absolute Gasteiger partial charge is 0.344 e. The molecule has 0 bridgehead atoms. The van der Waals surface area contributed by atoms with Crippen LogP contribution in [0.25, 0.3) is 0 Å². The number of unbranched alkanes of at least 4 members (excludes halogenated alkanes) is 4. The molecule has 0 aromatic rings. The van der Waals surface area contributed by atoms with E-state index in [1.165, 1.54) is 0 Å². The molecule has 0 aliphatic carbocycles. The second-order valence-electron chi connectivity index (χ2n) is 6.12. The van der Waals surface area contributed by atoms with Crippen LogP contribution in [0, 0.1) is 0 Å². The van der Waals surface area contributed by atoms with Gasteiger partial charge in [0.1, 0.15) is 0 Å². The van der Waals surface area contributed by atoms with Gasteiger partial charge >= 0.3 is 0 Å². The first-order valence-corrected chi connectivity index (χ1v) is 10.3. The van der Waals surface area contributed by atoms with E-state index < -0.39 is 14.9 Å². The summed E-state index contributed by atoms with van der Waals surface area (Å²) in [6.45, 7) is 8.75. The van der Waals surface area contributed by atoms with Crippen molar-refractivity contribution in [1.82, 2.24) is 6.15 Å². The van der Waals surface area contributed by atoms with Gasteiger partial charge < -0.3 is 6.15 Å². The third-order valence-electron chi connectivity index (χ3n) is 4.22. The van der Waals surface area contributed by atoms with E-state index in [4.69, 9.17) is 4.18 Å². The van der Waals surface area contributed by atoms with Gasteiger partial charge in [0.25, 0.3) is 10.1 Å². The van der Waals surface area contributed by atoms with Crippen molar-refractivity contribution in [2.75, 3.05) is 6.61 Å². The Balaban J connectivity index is 0. The van der Waals surface area contributed by atoms with E-state index in [0.29, 0.717) is 6.61 Å². The molecular formula is C17H39NO3S. The van der Waals surface area contributed by atoms with Gasteiger partial charge in [-0.2, -0.15) is 8.42 Å². The van der Waals surface area contributed by atoms with Crippen LogP contribution in [0.1, 0.15) is 98.3 Å². The Bertz CT molecular complexity index is 320. The molecule has 0 atom stereocenters. The molecule has 0 amide bonds. The maximum atomic E-state index is 12.8. The quantitative estimate of drug-likeness (QED) is 0.330. The normalized spacial score (nSPS) is 12.2. The lowest BCUT2D eigenvalue weighted by atomic mass is 9.90. The molecule has 0 unspecified atom stereocenters. The minimum atomic E-state index is -3.47. The maximum Gasteiger partial charge on any atom is 0.273 e. The molecule has 0 rings (SSSR count). The summed E-state index contributed by atoms with van der Waals surface area (Å²) < 4.78 is 30.4. The lowest BCUT2D eigenvalue weighted by molar-refractivity contribution is 0.272. The van der Waals surface area contributed by atoms with Crippen molar-refractivity contribution in [1.29, 1.82) is 0 Å². The van der Waals surface area contributed by atoms with Crippen LogP contribution < -0.4 is 6.15 Å². The van der Waals surface area contributed by atoms with E-state index in [0.717, 1.165) is 70.6 Å². The van der Waals surface area contributed by atoms with Crippen LogP contribution in [-0.2, 0) is 14.3 Å². The molecular weight excluding hydrogens is 298 g/mol. The summed E-state index contributed by atoms with van der Waals surface area (Å²) in [7, 11) is -3.47. The smallest absolute Gasteiger partial charge is 0.273 e. The summed E-state index contributed by atoms with van der Waals surface area (Å²) in [5.41, 5.74) is 0. The molecule has 22 heavy (non-hydrogen) atoms. The van der Waals surface area contributed by atoms with E-state index in [2.05, 4.69) is 27.7 Å². The fourth-order valence-corrected chi connectivity index (χ4v) is 4.46. The van der Waals surface area contributed by atoms with Crippen molar-refractivity contribution in [3.63, 3.8) is 0 Å². The lowest BCUT2D eigenvalue weighted by Crippen LogP contribution is -2.40. The summed E-state index contributed by atoms with van der Waals surface area (Å²) >= 11 is 0. The highest BCUT2D eigenvalue weighted by Gasteiger charge is 2.42. The molecule has 0 aromatic heterocycles. The van der Waals surface area contributed by atoms with Crippen LogP contribution in [0.15, 0.2) is 0 Å². The van der Waals surface area contributed by atoms with Crippen molar-refractivity contribution in [3.8, 4) is 0 Å². The first kappa shape index (κ1) is 24.1. The monoisotopic (exact) mass is 337 g/mol.